The molecule has 3 aromatic carbocycles. The molecule has 0 radical (unpaired) electrons. The minimum Gasteiger partial charge on any atom is -0.445 e. The van der Waals surface area contributed by atoms with Gasteiger partial charge in [0, 0.05) is 19.6 Å². The van der Waals surface area contributed by atoms with E-state index in [1.165, 1.54) is 0 Å². The fourth-order valence-corrected chi connectivity index (χ4v) is 4.88. The largest absolute Gasteiger partial charge is 0.445 e. The third-order valence-electron chi connectivity index (χ3n) is 6.15. The van der Waals surface area contributed by atoms with Gasteiger partial charge < -0.3 is 34.5 Å². The molecular weight excluding hydrogens is 557 g/mol. The van der Waals surface area contributed by atoms with Crippen LogP contribution in [0.4, 0.5) is 9.59 Å². The number of alkyl carbamates (subject to hydrolysis) is 1. The monoisotopic (exact) mass is 597 g/mol. The number of carbonyl (C=O) groups excluding carboxylic acids is 2. The molecule has 0 aliphatic rings. The van der Waals surface area contributed by atoms with Gasteiger partial charge in [0.25, 0.3) is 0 Å². The molecule has 11 heteroatoms. The number of hydrogen-bond donors (Lipinski definition) is 2. The van der Waals surface area contributed by atoms with Gasteiger partial charge in [-0.2, -0.15) is 0 Å². The molecule has 42 heavy (non-hydrogen) atoms. The average molecular weight is 598 g/mol. The van der Waals surface area contributed by atoms with Crippen LogP contribution in [0.1, 0.15) is 36.0 Å². The van der Waals surface area contributed by atoms with Gasteiger partial charge in [-0.3, -0.25) is 4.57 Å². The smallest absolute Gasteiger partial charge is 0.410 e. The maximum atomic E-state index is 12.9. The first-order valence-electron chi connectivity index (χ1n) is 14.0. The van der Waals surface area contributed by atoms with Gasteiger partial charge in [-0.25, -0.2) is 9.59 Å². The van der Waals surface area contributed by atoms with Crippen molar-refractivity contribution in [2.45, 2.75) is 39.1 Å². The van der Waals surface area contributed by atoms with Gasteiger partial charge in [-0.05, 0) is 36.0 Å². The van der Waals surface area contributed by atoms with E-state index in [2.05, 4.69) is 5.32 Å². The summed E-state index contributed by atoms with van der Waals surface area (Å²) < 4.78 is 34.7. The highest BCUT2D eigenvalue weighted by Crippen LogP contribution is 2.47. The molecule has 226 valence electrons. The topological polar surface area (TPSA) is 129 Å². The van der Waals surface area contributed by atoms with Gasteiger partial charge >= 0.3 is 19.8 Å². The van der Waals surface area contributed by atoms with Gasteiger partial charge in [-0.1, -0.05) is 91.0 Å². The minimum absolute atomic E-state index is 0.0978. The van der Waals surface area contributed by atoms with Gasteiger partial charge in [0.05, 0.1) is 19.5 Å². The summed E-state index contributed by atoms with van der Waals surface area (Å²) in [7, 11) is -3.48. The first-order chi connectivity index (χ1) is 20.5. The fraction of sp³-hybridized carbons (Fsp3) is 0.355. The molecule has 10 nitrogen and oxygen atoms in total. The van der Waals surface area contributed by atoms with Crippen molar-refractivity contribution in [2.24, 2.45) is 5.73 Å². The number of carbonyl (C=O) groups is 2. The van der Waals surface area contributed by atoms with Crippen molar-refractivity contribution < 1.29 is 32.7 Å². The highest BCUT2D eigenvalue weighted by Gasteiger charge is 2.23. The van der Waals surface area contributed by atoms with Crippen molar-refractivity contribution in [3.8, 4) is 0 Å². The number of nitrogens with one attached hydrogen (secondary N) is 1. The molecule has 3 aromatic rings. The summed E-state index contributed by atoms with van der Waals surface area (Å²) in [6.45, 7) is 1.71. The number of nitrogens with two attached hydrogens (primary N) is 1. The van der Waals surface area contributed by atoms with Gasteiger partial charge in [0.15, 0.2) is 0 Å². The molecular formula is C31H40N3O7P. The molecule has 2 amide bonds. The highest BCUT2D eigenvalue weighted by atomic mass is 31.2. The Bertz CT molecular complexity index is 1230. The molecule has 1 atom stereocenters. The van der Waals surface area contributed by atoms with E-state index in [9.17, 15) is 14.2 Å². The summed E-state index contributed by atoms with van der Waals surface area (Å²) in [5.74, 6) is 0. The second kappa shape index (κ2) is 18.7. The second-order valence-corrected chi connectivity index (χ2v) is 11.6. The SMILES string of the molecule is NCP(=O)(OCCCN(CCCCNC(=O)OCc1ccccc1)C(=O)OCc1ccccc1)OCc1ccccc1. The lowest BCUT2D eigenvalue weighted by Gasteiger charge is -2.23. The normalized spacial score (nSPS) is 12.2. The summed E-state index contributed by atoms with van der Waals surface area (Å²) in [6, 6.07) is 28.2. The maximum absolute atomic E-state index is 12.9. The summed E-state index contributed by atoms with van der Waals surface area (Å²) in [5.41, 5.74) is 8.34. The molecule has 0 heterocycles. The van der Waals surface area contributed by atoms with Crippen LogP contribution in [0, 0.1) is 0 Å². The number of unbranched alkanes of at least 4 members (excludes halogenated alkanes) is 1. The number of amides is 2. The molecule has 0 saturated carbocycles. The van der Waals surface area contributed by atoms with E-state index < -0.39 is 19.8 Å². The molecule has 0 aromatic heterocycles. The van der Waals surface area contributed by atoms with Crippen molar-refractivity contribution in [1.82, 2.24) is 10.2 Å². The van der Waals surface area contributed by atoms with E-state index >= 15 is 0 Å². The van der Waals surface area contributed by atoms with Crippen LogP contribution in [0.3, 0.4) is 0 Å². The summed E-state index contributed by atoms with van der Waals surface area (Å²) in [5, 5.41) is 2.73. The number of benzene rings is 3. The molecule has 0 bridgehead atoms. The Labute approximate surface area is 247 Å². The third-order valence-corrected chi connectivity index (χ3v) is 7.70. The quantitative estimate of drug-likeness (QED) is 0.134. The van der Waals surface area contributed by atoms with Crippen LogP contribution < -0.4 is 11.1 Å². The van der Waals surface area contributed by atoms with Crippen LogP contribution >= 0.6 is 7.60 Å². The van der Waals surface area contributed by atoms with Crippen molar-refractivity contribution in [3.63, 3.8) is 0 Å². The maximum Gasteiger partial charge on any atom is 0.410 e. The van der Waals surface area contributed by atoms with Crippen molar-refractivity contribution >= 4 is 19.8 Å². The zero-order valence-corrected chi connectivity index (χ0v) is 24.7. The lowest BCUT2D eigenvalue weighted by molar-refractivity contribution is 0.0926. The Hall–Kier alpha value is -3.69. The zero-order chi connectivity index (χ0) is 29.9. The molecule has 0 saturated heterocycles. The van der Waals surface area contributed by atoms with Crippen molar-refractivity contribution in [2.75, 3.05) is 32.5 Å². The van der Waals surface area contributed by atoms with E-state index in [1.807, 2.05) is 91.0 Å². The Balaban J connectivity index is 1.41. The van der Waals surface area contributed by atoms with E-state index in [-0.39, 0.29) is 32.7 Å². The Morgan fingerprint density at radius 3 is 1.79 bits per heavy atom. The number of nitrogens with zero attached hydrogens (tertiary/aromatic N) is 1. The molecule has 0 fully saturated rings. The molecule has 0 aliphatic heterocycles. The van der Waals surface area contributed by atoms with Gasteiger partial charge in [-0.15, -0.1) is 0 Å². The Kier molecular flexibility index (Phi) is 14.6. The van der Waals surface area contributed by atoms with Crippen LogP contribution in [-0.4, -0.2) is 49.6 Å². The van der Waals surface area contributed by atoms with Crippen LogP contribution in [-0.2, 0) is 42.9 Å². The van der Waals surface area contributed by atoms with E-state index in [0.717, 1.165) is 16.7 Å². The van der Waals surface area contributed by atoms with Crippen LogP contribution in [0.5, 0.6) is 0 Å². The average Bonchev–Trinajstić information content (AvgIpc) is 3.04. The predicted octanol–water partition coefficient (Wildman–Crippen LogP) is 6.06. The summed E-state index contributed by atoms with van der Waals surface area (Å²) >= 11 is 0. The molecule has 0 aliphatic carbocycles. The standard InChI is InChI=1S/C31H40N3O7P/c32-26-42(37,41-25-29-17-8-3-9-18-29)40-22-12-21-34(31(36)39-24-28-15-6-2-7-16-28)20-11-10-19-33-30(35)38-23-27-13-4-1-5-14-27/h1-9,13-18H,10-12,19-26,32H2,(H,33,35). The molecule has 3 N–H and O–H groups in total. The minimum atomic E-state index is -3.48. The predicted molar refractivity (Wildman–Crippen MR) is 161 cm³/mol. The number of hydrogen-bond acceptors (Lipinski definition) is 8. The number of ether oxygens (including phenoxy) is 2. The van der Waals surface area contributed by atoms with Crippen molar-refractivity contribution in [1.29, 1.82) is 0 Å². The first-order valence-corrected chi connectivity index (χ1v) is 15.7. The summed E-state index contributed by atoms with van der Waals surface area (Å²) in [4.78, 5) is 26.4. The summed E-state index contributed by atoms with van der Waals surface area (Å²) in [6.07, 6.45) is 0.467. The van der Waals surface area contributed by atoms with E-state index in [1.54, 1.807) is 4.90 Å². The highest BCUT2D eigenvalue weighted by molar-refractivity contribution is 7.53. The lowest BCUT2D eigenvalue weighted by atomic mass is 10.2. The third kappa shape index (κ3) is 12.9. The molecule has 1 unspecified atom stereocenters. The van der Waals surface area contributed by atoms with Gasteiger partial charge in [0.2, 0.25) is 0 Å². The second-order valence-electron chi connectivity index (χ2n) is 9.46. The molecule has 0 spiro atoms. The van der Waals surface area contributed by atoms with Crippen molar-refractivity contribution in [3.05, 3.63) is 108 Å². The van der Waals surface area contributed by atoms with Crippen LogP contribution in [0.25, 0.3) is 0 Å². The molecule has 3 rings (SSSR count). The number of rotatable bonds is 18. The van der Waals surface area contributed by atoms with E-state index in [4.69, 9.17) is 24.3 Å². The van der Waals surface area contributed by atoms with Crippen LogP contribution in [0.2, 0.25) is 0 Å². The van der Waals surface area contributed by atoms with Gasteiger partial charge in [0.1, 0.15) is 13.2 Å². The fourth-order valence-electron chi connectivity index (χ4n) is 3.85. The lowest BCUT2D eigenvalue weighted by Crippen LogP contribution is -2.34. The Morgan fingerprint density at radius 2 is 1.21 bits per heavy atom. The van der Waals surface area contributed by atoms with E-state index in [0.29, 0.717) is 38.9 Å². The first kappa shape index (κ1) is 32.8. The van der Waals surface area contributed by atoms with Crippen LogP contribution in [0.15, 0.2) is 91.0 Å². The Morgan fingerprint density at radius 1 is 0.690 bits per heavy atom. The zero-order valence-electron chi connectivity index (χ0n) is 23.8.